The molecule has 0 radical (unpaired) electrons. The molecule has 0 saturated carbocycles. The highest BCUT2D eigenvalue weighted by Gasteiger charge is 2.19. The van der Waals surface area contributed by atoms with Crippen LogP contribution in [0.2, 0.25) is 0 Å². The molecule has 1 aliphatic rings. The number of anilines is 1. The summed E-state index contributed by atoms with van der Waals surface area (Å²) in [5.41, 5.74) is 0.737. The molecule has 1 saturated heterocycles. The van der Waals surface area contributed by atoms with Crippen LogP contribution in [0, 0.1) is 0 Å². The number of benzene rings is 1. The Morgan fingerprint density at radius 2 is 2.18 bits per heavy atom. The van der Waals surface area contributed by atoms with Gasteiger partial charge in [0.2, 0.25) is 0 Å². The average molecular weight is 242 g/mol. The van der Waals surface area contributed by atoms with Gasteiger partial charge in [-0.05, 0) is 19.1 Å². The minimum Gasteiger partial charge on any atom is -0.433 e. The Labute approximate surface area is 99.4 Å². The van der Waals surface area contributed by atoms with Crippen LogP contribution < -0.4 is 15.0 Å². The summed E-state index contributed by atoms with van der Waals surface area (Å²) in [7, 11) is 0. The number of alkyl halides is 2. The monoisotopic (exact) mass is 242 g/mol. The Kier molecular flexibility index (Phi) is 3.78. The highest BCUT2D eigenvalue weighted by molar-refractivity contribution is 5.58. The van der Waals surface area contributed by atoms with Crippen molar-refractivity contribution in [3.05, 3.63) is 24.3 Å². The van der Waals surface area contributed by atoms with E-state index in [4.69, 9.17) is 0 Å². The molecular weight excluding hydrogens is 226 g/mol. The Morgan fingerprint density at radius 1 is 1.41 bits per heavy atom. The molecule has 0 amide bonds. The third kappa shape index (κ3) is 3.06. The lowest BCUT2D eigenvalue weighted by Crippen LogP contribution is -2.49. The van der Waals surface area contributed by atoms with E-state index < -0.39 is 6.61 Å². The molecular formula is C12H16F2N2O. The van der Waals surface area contributed by atoms with Crippen molar-refractivity contribution in [2.24, 2.45) is 0 Å². The Hall–Kier alpha value is -1.36. The van der Waals surface area contributed by atoms with Crippen molar-refractivity contribution < 1.29 is 13.5 Å². The van der Waals surface area contributed by atoms with Crippen molar-refractivity contribution in [3.8, 4) is 5.75 Å². The normalized spacial score (nSPS) is 20.7. The van der Waals surface area contributed by atoms with Crippen molar-refractivity contribution in [2.45, 2.75) is 19.6 Å². The minimum atomic E-state index is -2.78. The van der Waals surface area contributed by atoms with Crippen LogP contribution in [0.4, 0.5) is 14.5 Å². The molecule has 1 heterocycles. The summed E-state index contributed by atoms with van der Waals surface area (Å²) < 4.78 is 29.1. The molecule has 5 heteroatoms. The van der Waals surface area contributed by atoms with Crippen molar-refractivity contribution >= 4 is 5.69 Å². The third-order valence-corrected chi connectivity index (χ3v) is 2.79. The van der Waals surface area contributed by atoms with E-state index in [-0.39, 0.29) is 5.75 Å². The summed E-state index contributed by atoms with van der Waals surface area (Å²) in [5.74, 6) is 0.247. The van der Waals surface area contributed by atoms with Crippen LogP contribution in [0.3, 0.4) is 0 Å². The van der Waals surface area contributed by atoms with Gasteiger partial charge in [-0.25, -0.2) is 0 Å². The van der Waals surface area contributed by atoms with Crippen LogP contribution in [0.15, 0.2) is 24.3 Å². The molecule has 0 aromatic heterocycles. The number of nitrogens with one attached hydrogen (secondary N) is 1. The van der Waals surface area contributed by atoms with Crippen LogP contribution in [-0.2, 0) is 0 Å². The topological polar surface area (TPSA) is 24.5 Å². The first-order valence-corrected chi connectivity index (χ1v) is 5.69. The van der Waals surface area contributed by atoms with Crippen LogP contribution >= 0.6 is 0 Å². The maximum atomic E-state index is 12.3. The zero-order valence-electron chi connectivity index (χ0n) is 9.70. The van der Waals surface area contributed by atoms with E-state index in [9.17, 15) is 8.78 Å². The first kappa shape index (κ1) is 12.1. The van der Waals surface area contributed by atoms with E-state index in [1.807, 2.05) is 12.1 Å². The van der Waals surface area contributed by atoms with Gasteiger partial charge in [0.05, 0.1) is 5.69 Å². The fraction of sp³-hybridized carbons (Fsp3) is 0.500. The van der Waals surface area contributed by atoms with E-state index in [0.717, 1.165) is 25.3 Å². The summed E-state index contributed by atoms with van der Waals surface area (Å²) in [6.07, 6.45) is 0. The second kappa shape index (κ2) is 5.31. The smallest absolute Gasteiger partial charge is 0.387 e. The van der Waals surface area contributed by atoms with Gasteiger partial charge in [0.15, 0.2) is 0 Å². The summed E-state index contributed by atoms with van der Waals surface area (Å²) in [6, 6.07) is 7.28. The molecule has 1 unspecified atom stereocenters. The highest BCUT2D eigenvalue weighted by Crippen LogP contribution is 2.29. The van der Waals surface area contributed by atoms with Gasteiger partial charge in [-0.1, -0.05) is 12.1 Å². The van der Waals surface area contributed by atoms with Gasteiger partial charge in [-0.15, -0.1) is 0 Å². The van der Waals surface area contributed by atoms with E-state index in [0.29, 0.717) is 6.04 Å². The molecule has 1 aliphatic heterocycles. The van der Waals surface area contributed by atoms with Crippen molar-refractivity contribution in [2.75, 3.05) is 24.5 Å². The number of halogens is 2. The lowest BCUT2D eigenvalue weighted by Gasteiger charge is -2.34. The molecule has 94 valence electrons. The SMILES string of the molecule is CC1CN(c2ccccc2OC(F)F)CCN1. The lowest BCUT2D eigenvalue weighted by atomic mass is 10.2. The van der Waals surface area contributed by atoms with Gasteiger partial charge in [0, 0.05) is 25.7 Å². The Balaban J connectivity index is 2.18. The van der Waals surface area contributed by atoms with Crippen LogP contribution in [-0.4, -0.2) is 32.3 Å². The first-order chi connectivity index (χ1) is 8.16. The molecule has 3 nitrogen and oxygen atoms in total. The summed E-state index contributed by atoms with van der Waals surface area (Å²) in [6.45, 7) is 1.74. The average Bonchev–Trinajstić information content (AvgIpc) is 2.29. The number of hydrogen-bond acceptors (Lipinski definition) is 3. The number of hydrogen-bond donors (Lipinski definition) is 1. The zero-order chi connectivity index (χ0) is 12.3. The van der Waals surface area contributed by atoms with Gasteiger partial charge in [0.25, 0.3) is 0 Å². The second-order valence-corrected chi connectivity index (χ2v) is 4.15. The second-order valence-electron chi connectivity index (χ2n) is 4.15. The minimum absolute atomic E-state index is 0.247. The fourth-order valence-corrected chi connectivity index (χ4v) is 2.07. The molecule has 1 fully saturated rings. The maximum Gasteiger partial charge on any atom is 0.387 e. The fourth-order valence-electron chi connectivity index (χ4n) is 2.07. The molecule has 1 aromatic rings. The highest BCUT2D eigenvalue weighted by atomic mass is 19.3. The van der Waals surface area contributed by atoms with Crippen molar-refractivity contribution in [1.29, 1.82) is 0 Å². The predicted octanol–water partition coefficient (Wildman–Crippen LogP) is 2.09. The predicted molar refractivity (Wildman–Crippen MR) is 62.8 cm³/mol. The number of ether oxygens (including phenoxy) is 1. The number of piperazine rings is 1. The molecule has 1 N–H and O–H groups in total. The van der Waals surface area contributed by atoms with Crippen LogP contribution in [0.25, 0.3) is 0 Å². The first-order valence-electron chi connectivity index (χ1n) is 5.69. The van der Waals surface area contributed by atoms with E-state index in [2.05, 4.69) is 21.9 Å². The third-order valence-electron chi connectivity index (χ3n) is 2.79. The summed E-state index contributed by atoms with van der Waals surface area (Å²) >= 11 is 0. The Bertz CT molecular complexity index is 373. The molecule has 0 bridgehead atoms. The van der Waals surface area contributed by atoms with Gasteiger partial charge in [-0.3, -0.25) is 0 Å². The van der Waals surface area contributed by atoms with Gasteiger partial charge in [0.1, 0.15) is 5.75 Å². The summed E-state index contributed by atoms with van der Waals surface area (Å²) in [4.78, 5) is 2.07. The molecule has 2 rings (SSSR count). The van der Waals surface area contributed by atoms with E-state index >= 15 is 0 Å². The van der Waals surface area contributed by atoms with Gasteiger partial charge < -0.3 is 15.0 Å². The lowest BCUT2D eigenvalue weighted by molar-refractivity contribution is -0.0495. The Morgan fingerprint density at radius 3 is 2.88 bits per heavy atom. The van der Waals surface area contributed by atoms with Crippen molar-refractivity contribution in [1.82, 2.24) is 5.32 Å². The van der Waals surface area contributed by atoms with Crippen molar-refractivity contribution in [3.63, 3.8) is 0 Å². The van der Waals surface area contributed by atoms with Crippen LogP contribution in [0.5, 0.6) is 5.75 Å². The summed E-state index contributed by atoms with van der Waals surface area (Å²) in [5, 5.41) is 3.31. The molecule has 0 aliphatic carbocycles. The molecule has 1 aromatic carbocycles. The number of rotatable bonds is 3. The van der Waals surface area contributed by atoms with E-state index in [1.165, 1.54) is 0 Å². The maximum absolute atomic E-state index is 12.3. The zero-order valence-corrected chi connectivity index (χ0v) is 9.70. The molecule has 17 heavy (non-hydrogen) atoms. The standard InChI is InChI=1S/C12H16F2N2O/c1-9-8-16(7-6-15-9)10-4-2-3-5-11(10)17-12(13)14/h2-5,9,12,15H,6-8H2,1H3. The van der Waals surface area contributed by atoms with E-state index in [1.54, 1.807) is 12.1 Å². The number of nitrogens with zero attached hydrogens (tertiary/aromatic N) is 1. The van der Waals surface area contributed by atoms with Gasteiger partial charge in [-0.2, -0.15) is 8.78 Å². The largest absolute Gasteiger partial charge is 0.433 e. The molecule has 1 atom stereocenters. The van der Waals surface area contributed by atoms with Crippen LogP contribution in [0.1, 0.15) is 6.92 Å². The number of para-hydroxylation sites is 2. The molecule has 0 spiro atoms. The van der Waals surface area contributed by atoms with Gasteiger partial charge >= 0.3 is 6.61 Å². The quantitative estimate of drug-likeness (QED) is 0.878.